The van der Waals surface area contributed by atoms with Crippen LogP contribution in [0.25, 0.3) is 0 Å². The molecule has 1 heteroatoms. The highest BCUT2D eigenvalue weighted by Gasteiger charge is 2.25. The SMILES string of the molecule is CCCCCC(=O)C1CCCC(CC)C1. The summed E-state index contributed by atoms with van der Waals surface area (Å²) >= 11 is 0. The summed E-state index contributed by atoms with van der Waals surface area (Å²) in [5.41, 5.74) is 0. The van der Waals surface area contributed by atoms with Crippen molar-refractivity contribution in [1.29, 1.82) is 0 Å². The quantitative estimate of drug-likeness (QED) is 0.596. The molecule has 0 aromatic heterocycles. The van der Waals surface area contributed by atoms with Gasteiger partial charge in [0.05, 0.1) is 0 Å². The lowest BCUT2D eigenvalue weighted by atomic mass is 9.77. The maximum atomic E-state index is 11.9. The van der Waals surface area contributed by atoms with E-state index in [0.29, 0.717) is 11.7 Å². The molecule has 0 saturated heterocycles. The molecule has 88 valence electrons. The summed E-state index contributed by atoms with van der Waals surface area (Å²) in [5, 5.41) is 0. The number of unbranched alkanes of at least 4 members (excludes halogenated alkanes) is 2. The van der Waals surface area contributed by atoms with Gasteiger partial charge >= 0.3 is 0 Å². The molecule has 0 aliphatic heterocycles. The lowest BCUT2D eigenvalue weighted by Crippen LogP contribution is -2.22. The lowest BCUT2D eigenvalue weighted by molar-refractivity contribution is -0.124. The van der Waals surface area contributed by atoms with Gasteiger partial charge in [-0.25, -0.2) is 0 Å². The zero-order valence-electron chi connectivity index (χ0n) is 10.4. The van der Waals surface area contributed by atoms with Gasteiger partial charge in [0.2, 0.25) is 0 Å². The molecule has 15 heavy (non-hydrogen) atoms. The predicted molar refractivity (Wildman–Crippen MR) is 64.9 cm³/mol. The molecule has 0 radical (unpaired) electrons. The van der Waals surface area contributed by atoms with Gasteiger partial charge in [-0.05, 0) is 25.2 Å². The minimum atomic E-state index is 0.417. The minimum Gasteiger partial charge on any atom is -0.299 e. The van der Waals surface area contributed by atoms with Crippen molar-refractivity contribution in [3.63, 3.8) is 0 Å². The van der Waals surface area contributed by atoms with E-state index in [9.17, 15) is 4.79 Å². The van der Waals surface area contributed by atoms with Crippen LogP contribution in [0.3, 0.4) is 0 Å². The van der Waals surface area contributed by atoms with Gasteiger partial charge in [0.15, 0.2) is 0 Å². The summed E-state index contributed by atoms with van der Waals surface area (Å²) in [6.07, 6.45) is 10.6. The third-order valence-electron chi connectivity index (χ3n) is 3.84. The van der Waals surface area contributed by atoms with E-state index in [2.05, 4.69) is 13.8 Å². The average Bonchev–Trinajstić information content (AvgIpc) is 2.29. The van der Waals surface area contributed by atoms with Gasteiger partial charge in [-0.1, -0.05) is 46.0 Å². The molecule has 2 atom stereocenters. The van der Waals surface area contributed by atoms with Crippen LogP contribution in [-0.4, -0.2) is 5.78 Å². The summed E-state index contributed by atoms with van der Waals surface area (Å²) in [4.78, 5) is 11.9. The van der Waals surface area contributed by atoms with E-state index in [0.717, 1.165) is 18.8 Å². The molecule has 0 bridgehead atoms. The van der Waals surface area contributed by atoms with Crippen LogP contribution in [0.15, 0.2) is 0 Å². The normalized spacial score (nSPS) is 26.5. The van der Waals surface area contributed by atoms with E-state index in [1.165, 1.54) is 44.9 Å². The van der Waals surface area contributed by atoms with Crippen LogP contribution in [0.4, 0.5) is 0 Å². The molecule has 2 unspecified atom stereocenters. The second kappa shape index (κ2) is 7.03. The van der Waals surface area contributed by atoms with E-state index in [4.69, 9.17) is 0 Å². The number of rotatable bonds is 6. The second-order valence-electron chi connectivity index (χ2n) is 5.06. The Hall–Kier alpha value is -0.330. The van der Waals surface area contributed by atoms with Gasteiger partial charge in [0, 0.05) is 12.3 Å². The van der Waals surface area contributed by atoms with Crippen LogP contribution in [0, 0.1) is 11.8 Å². The Balaban J connectivity index is 2.25. The van der Waals surface area contributed by atoms with Crippen LogP contribution < -0.4 is 0 Å². The zero-order chi connectivity index (χ0) is 11.1. The van der Waals surface area contributed by atoms with Crippen molar-refractivity contribution in [2.24, 2.45) is 11.8 Å². The molecule has 1 aliphatic carbocycles. The van der Waals surface area contributed by atoms with Crippen molar-refractivity contribution in [1.82, 2.24) is 0 Å². The molecule has 0 aromatic rings. The van der Waals surface area contributed by atoms with E-state index >= 15 is 0 Å². The monoisotopic (exact) mass is 210 g/mol. The number of carbonyl (C=O) groups is 1. The maximum absolute atomic E-state index is 11.9. The Morgan fingerprint density at radius 1 is 1.20 bits per heavy atom. The predicted octanol–water partition coefficient (Wildman–Crippen LogP) is 4.35. The third-order valence-corrected chi connectivity index (χ3v) is 3.84. The number of carbonyl (C=O) groups excluding carboxylic acids is 1. The molecule has 1 fully saturated rings. The molecule has 1 nitrogen and oxygen atoms in total. The van der Waals surface area contributed by atoms with Crippen LogP contribution in [0.5, 0.6) is 0 Å². The molecule has 0 N–H and O–H groups in total. The van der Waals surface area contributed by atoms with Crippen LogP contribution in [0.2, 0.25) is 0 Å². The smallest absolute Gasteiger partial charge is 0.135 e. The number of hydrogen-bond donors (Lipinski definition) is 0. The number of Topliss-reactive ketones (excluding diaryl/α,β-unsaturated/α-hetero) is 1. The summed E-state index contributed by atoms with van der Waals surface area (Å²) in [7, 11) is 0. The summed E-state index contributed by atoms with van der Waals surface area (Å²) < 4.78 is 0. The Labute approximate surface area is 94.6 Å². The first kappa shape index (κ1) is 12.7. The van der Waals surface area contributed by atoms with E-state index in [-0.39, 0.29) is 0 Å². The van der Waals surface area contributed by atoms with Gasteiger partial charge in [-0.15, -0.1) is 0 Å². The number of ketones is 1. The first-order chi connectivity index (χ1) is 7.27. The fraction of sp³-hybridized carbons (Fsp3) is 0.929. The van der Waals surface area contributed by atoms with Gasteiger partial charge in [0.1, 0.15) is 5.78 Å². The molecule has 0 aromatic carbocycles. The largest absolute Gasteiger partial charge is 0.299 e. The van der Waals surface area contributed by atoms with Crippen molar-refractivity contribution in [2.75, 3.05) is 0 Å². The van der Waals surface area contributed by atoms with Crippen molar-refractivity contribution in [3.05, 3.63) is 0 Å². The fourth-order valence-electron chi connectivity index (χ4n) is 2.71. The van der Waals surface area contributed by atoms with Gasteiger partial charge in [-0.3, -0.25) is 4.79 Å². The fourth-order valence-corrected chi connectivity index (χ4v) is 2.71. The molecule has 0 amide bonds. The minimum absolute atomic E-state index is 0.417. The molecule has 1 saturated carbocycles. The van der Waals surface area contributed by atoms with Gasteiger partial charge in [-0.2, -0.15) is 0 Å². The summed E-state index contributed by atoms with van der Waals surface area (Å²) in [5.74, 6) is 1.81. The van der Waals surface area contributed by atoms with Crippen molar-refractivity contribution in [3.8, 4) is 0 Å². The first-order valence-electron chi connectivity index (χ1n) is 6.80. The Kier molecular flexibility index (Phi) is 5.97. The second-order valence-corrected chi connectivity index (χ2v) is 5.06. The highest BCUT2D eigenvalue weighted by molar-refractivity contribution is 5.81. The number of hydrogen-bond acceptors (Lipinski definition) is 1. The van der Waals surface area contributed by atoms with E-state index in [1.54, 1.807) is 0 Å². The highest BCUT2D eigenvalue weighted by atomic mass is 16.1. The summed E-state index contributed by atoms with van der Waals surface area (Å²) in [6.45, 7) is 4.45. The average molecular weight is 210 g/mol. The van der Waals surface area contributed by atoms with Gasteiger partial charge < -0.3 is 0 Å². The Bertz CT molecular complexity index is 186. The van der Waals surface area contributed by atoms with Crippen LogP contribution in [0.1, 0.15) is 71.6 Å². The van der Waals surface area contributed by atoms with Crippen molar-refractivity contribution >= 4 is 5.78 Å². The maximum Gasteiger partial charge on any atom is 0.135 e. The summed E-state index contributed by atoms with van der Waals surface area (Å²) in [6, 6.07) is 0. The molecular formula is C14H26O. The molecule has 1 aliphatic rings. The molecule has 0 spiro atoms. The van der Waals surface area contributed by atoms with Crippen molar-refractivity contribution in [2.45, 2.75) is 71.6 Å². The van der Waals surface area contributed by atoms with Crippen LogP contribution in [-0.2, 0) is 4.79 Å². The third kappa shape index (κ3) is 4.36. The molecule has 1 rings (SSSR count). The van der Waals surface area contributed by atoms with Crippen LogP contribution >= 0.6 is 0 Å². The molecular weight excluding hydrogens is 184 g/mol. The van der Waals surface area contributed by atoms with E-state index < -0.39 is 0 Å². The topological polar surface area (TPSA) is 17.1 Å². The lowest BCUT2D eigenvalue weighted by Gasteiger charge is -2.27. The molecule has 0 heterocycles. The Morgan fingerprint density at radius 3 is 2.67 bits per heavy atom. The zero-order valence-corrected chi connectivity index (χ0v) is 10.4. The standard InChI is InChI=1S/C14H26O/c1-3-5-6-10-14(15)13-9-7-8-12(4-2)11-13/h12-13H,3-11H2,1-2H3. The van der Waals surface area contributed by atoms with Crippen molar-refractivity contribution < 1.29 is 4.79 Å². The van der Waals surface area contributed by atoms with E-state index in [1.807, 2.05) is 0 Å². The Morgan fingerprint density at radius 2 is 2.00 bits per heavy atom. The first-order valence-corrected chi connectivity index (χ1v) is 6.80. The highest BCUT2D eigenvalue weighted by Crippen LogP contribution is 2.32. The van der Waals surface area contributed by atoms with Gasteiger partial charge in [0.25, 0.3) is 0 Å².